The molecule has 0 bridgehead atoms. The molecule has 0 unspecified atom stereocenters. The van der Waals surface area contributed by atoms with E-state index in [4.69, 9.17) is 9.84 Å². The topological polar surface area (TPSA) is 58.6 Å². The highest BCUT2D eigenvalue weighted by Crippen LogP contribution is 2.15. The molecule has 0 aliphatic carbocycles. The predicted octanol–water partition coefficient (Wildman–Crippen LogP) is 1.58. The molecule has 2 N–H and O–H groups in total. The zero-order valence-electron chi connectivity index (χ0n) is 8.29. The van der Waals surface area contributed by atoms with Crippen molar-refractivity contribution in [2.24, 2.45) is 0 Å². The maximum absolute atomic E-state index is 13.3. The first-order chi connectivity index (χ1) is 7.15. The van der Waals surface area contributed by atoms with Crippen molar-refractivity contribution in [3.8, 4) is 0 Å². The van der Waals surface area contributed by atoms with Gasteiger partial charge in [-0.1, -0.05) is 0 Å². The van der Waals surface area contributed by atoms with E-state index < -0.39 is 11.8 Å². The van der Waals surface area contributed by atoms with Gasteiger partial charge in [0.15, 0.2) is 0 Å². The molecule has 0 radical (unpaired) electrons. The van der Waals surface area contributed by atoms with Crippen molar-refractivity contribution >= 4 is 11.7 Å². The summed E-state index contributed by atoms with van der Waals surface area (Å²) in [5, 5.41) is 11.4. The molecule has 0 atom stereocenters. The number of rotatable bonds is 5. The zero-order valence-corrected chi connectivity index (χ0v) is 8.29. The van der Waals surface area contributed by atoms with Gasteiger partial charge in [0.25, 0.3) is 0 Å². The summed E-state index contributed by atoms with van der Waals surface area (Å²) in [7, 11) is 1.55. The molecule has 0 aliphatic rings. The Morgan fingerprint density at radius 1 is 1.60 bits per heavy atom. The van der Waals surface area contributed by atoms with E-state index in [1.807, 2.05) is 0 Å². The Balaban J connectivity index is 2.70. The van der Waals surface area contributed by atoms with Gasteiger partial charge in [-0.15, -0.1) is 0 Å². The fourth-order valence-electron chi connectivity index (χ4n) is 1.08. The van der Waals surface area contributed by atoms with Crippen LogP contribution < -0.4 is 5.32 Å². The molecular weight excluding hydrogens is 201 g/mol. The van der Waals surface area contributed by atoms with Gasteiger partial charge in [0.05, 0.1) is 17.9 Å². The summed E-state index contributed by atoms with van der Waals surface area (Å²) >= 11 is 0. The highest BCUT2D eigenvalue weighted by Gasteiger charge is 2.07. The van der Waals surface area contributed by atoms with E-state index >= 15 is 0 Å². The number of carboxylic acid groups (broad SMARTS) is 1. The Bertz CT molecular complexity index is 355. The number of aromatic carboxylic acids is 1. The van der Waals surface area contributed by atoms with Gasteiger partial charge in [0.1, 0.15) is 5.82 Å². The van der Waals surface area contributed by atoms with E-state index in [1.54, 1.807) is 7.11 Å². The van der Waals surface area contributed by atoms with Gasteiger partial charge in [-0.2, -0.15) is 0 Å². The van der Waals surface area contributed by atoms with Gasteiger partial charge >= 0.3 is 5.97 Å². The summed E-state index contributed by atoms with van der Waals surface area (Å²) in [5.74, 6) is -1.72. The Morgan fingerprint density at radius 3 is 2.87 bits per heavy atom. The van der Waals surface area contributed by atoms with Crippen molar-refractivity contribution in [2.45, 2.75) is 0 Å². The number of ether oxygens (including phenoxy) is 1. The number of methoxy groups -OCH3 is 1. The molecule has 0 heterocycles. The normalized spacial score (nSPS) is 10.0. The highest BCUT2D eigenvalue weighted by molar-refractivity contribution is 5.88. The minimum atomic E-state index is -1.14. The highest BCUT2D eigenvalue weighted by atomic mass is 19.1. The van der Waals surface area contributed by atoms with Crippen molar-refractivity contribution in [1.29, 1.82) is 0 Å². The SMILES string of the molecule is COCCNc1ccc(C(=O)O)cc1F. The third-order valence-corrected chi connectivity index (χ3v) is 1.84. The average Bonchev–Trinajstić information content (AvgIpc) is 2.20. The van der Waals surface area contributed by atoms with Crippen LogP contribution in [-0.4, -0.2) is 31.3 Å². The quantitative estimate of drug-likeness (QED) is 0.729. The summed E-state index contributed by atoms with van der Waals surface area (Å²) in [6, 6.07) is 3.73. The summed E-state index contributed by atoms with van der Waals surface area (Å²) < 4.78 is 18.1. The summed E-state index contributed by atoms with van der Waals surface area (Å²) in [6.07, 6.45) is 0. The van der Waals surface area contributed by atoms with Crippen LogP contribution in [0.3, 0.4) is 0 Å². The molecule has 4 nitrogen and oxygen atoms in total. The first-order valence-corrected chi connectivity index (χ1v) is 4.41. The molecule has 0 saturated carbocycles. The molecule has 0 spiro atoms. The second-order valence-corrected chi connectivity index (χ2v) is 2.92. The minimum absolute atomic E-state index is 0.0650. The third-order valence-electron chi connectivity index (χ3n) is 1.84. The molecule has 5 heteroatoms. The third kappa shape index (κ3) is 3.21. The van der Waals surface area contributed by atoms with Crippen molar-refractivity contribution in [3.05, 3.63) is 29.6 Å². The van der Waals surface area contributed by atoms with E-state index in [2.05, 4.69) is 5.32 Å². The average molecular weight is 213 g/mol. The van der Waals surface area contributed by atoms with Crippen LogP contribution in [0.15, 0.2) is 18.2 Å². The van der Waals surface area contributed by atoms with Crippen LogP contribution in [0.5, 0.6) is 0 Å². The lowest BCUT2D eigenvalue weighted by atomic mass is 10.2. The first kappa shape index (κ1) is 11.5. The van der Waals surface area contributed by atoms with Crippen LogP contribution >= 0.6 is 0 Å². The smallest absolute Gasteiger partial charge is 0.335 e. The second-order valence-electron chi connectivity index (χ2n) is 2.92. The van der Waals surface area contributed by atoms with E-state index in [9.17, 15) is 9.18 Å². The summed E-state index contributed by atoms with van der Waals surface area (Å²) in [6.45, 7) is 0.931. The van der Waals surface area contributed by atoms with E-state index in [0.29, 0.717) is 13.2 Å². The van der Waals surface area contributed by atoms with Crippen molar-refractivity contribution < 1.29 is 19.0 Å². The standard InChI is InChI=1S/C10H12FNO3/c1-15-5-4-12-9-3-2-7(10(13)14)6-8(9)11/h2-3,6,12H,4-5H2,1H3,(H,13,14). The Kier molecular flexibility index (Phi) is 4.05. The molecule has 82 valence electrons. The number of carboxylic acids is 1. The molecule has 0 aromatic heterocycles. The summed E-state index contributed by atoms with van der Waals surface area (Å²) in [4.78, 5) is 10.5. The van der Waals surface area contributed by atoms with Gasteiger partial charge in [0, 0.05) is 13.7 Å². The second kappa shape index (κ2) is 5.31. The van der Waals surface area contributed by atoms with Gasteiger partial charge in [0.2, 0.25) is 0 Å². The fraction of sp³-hybridized carbons (Fsp3) is 0.300. The minimum Gasteiger partial charge on any atom is -0.478 e. The fourth-order valence-corrected chi connectivity index (χ4v) is 1.08. The van der Waals surface area contributed by atoms with Crippen LogP contribution in [0.2, 0.25) is 0 Å². The largest absolute Gasteiger partial charge is 0.478 e. The maximum Gasteiger partial charge on any atom is 0.335 e. The lowest BCUT2D eigenvalue weighted by molar-refractivity contribution is 0.0696. The number of nitrogens with one attached hydrogen (secondary N) is 1. The molecule has 0 amide bonds. The monoisotopic (exact) mass is 213 g/mol. The molecule has 0 aliphatic heterocycles. The van der Waals surface area contributed by atoms with Crippen molar-refractivity contribution in [2.75, 3.05) is 25.6 Å². The molecule has 1 aromatic carbocycles. The van der Waals surface area contributed by atoms with E-state index in [1.165, 1.54) is 12.1 Å². The van der Waals surface area contributed by atoms with Gasteiger partial charge < -0.3 is 15.2 Å². The first-order valence-electron chi connectivity index (χ1n) is 4.41. The Labute approximate surface area is 86.7 Å². The molecule has 0 saturated heterocycles. The molecule has 1 aromatic rings. The summed E-state index contributed by atoms with van der Waals surface area (Å²) in [5.41, 5.74) is 0.210. The number of halogens is 1. The van der Waals surface area contributed by atoms with Crippen LogP contribution in [-0.2, 0) is 4.74 Å². The Morgan fingerprint density at radius 2 is 2.33 bits per heavy atom. The van der Waals surface area contributed by atoms with Gasteiger partial charge in [-0.25, -0.2) is 9.18 Å². The van der Waals surface area contributed by atoms with Crippen molar-refractivity contribution in [1.82, 2.24) is 0 Å². The Hall–Kier alpha value is -1.62. The van der Waals surface area contributed by atoms with Crippen LogP contribution in [0.4, 0.5) is 10.1 Å². The molecule has 0 fully saturated rings. The number of hydrogen-bond donors (Lipinski definition) is 2. The number of benzene rings is 1. The molecule has 15 heavy (non-hydrogen) atoms. The lowest BCUT2D eigenvalue weighted by Gasteiger charge is -2.07. The number of anilines is 1. The molecular formula is C10H12FNO3. The number of carbonyl (C=O) groups is 1. The van der Waals surface area contributed by atoms with Crippen LogP contribution in [0.25, 0.3) is 0 Å². The van der Waals surface area contributed by atoms with Crippen LogP contribution in [0.1, 0.15) is 10.4 Å². The van der Waals surface area contributed by atoms with Crippen molar-refractivity contribution in [3.63, 3.8) is 0 Å². The van der Waals surface area contributed by atoms with Gasteiger partial charge in [-0.05, 0) is 18.2 Å². The van der Waals surface area contributed by atoms with E-state index in [-0.39, 0.29) is 11.3 Å². The van der Waals surface area contributed by atoms with E-state index in [0.717, 1.165) is 6.07 Å². The maximum atomic E-state index is 13.3. The zero-order chi connectivity index (χ0) is 11.3. The lowest BCUT2D eigenvalue weighted by Crippen LogP contribution is -2.09. The molecule has 1 rings (SSSR count). The number of hydrogen-bond acceptors (Lipinski definition) is 3. The van der Waals surface area contributed by atoms with Gasteiger partial charge in [-0.3, -0.25) is 0 Å². The predicted molar refractivity (Wildman–Crippen MR) is 53.7 cm³/mol. The van der Waals surface area contributed by atoms with Crippen LogP contribution in [0, 0.1) is 5.82 Å².